The summed E-state index contributed by atoms with van der Waals surface area (Å²) in [4.78, 5) is 40.2. The van der Waals surface area contributed by atoms with E-state index in [0.717, 1.165) is 16.0 Å². The van der Waals surface area contributed by atoms with Gasteiger partial charge in [-0.2, -0.15) is 0 Å². The van der Waals surface area contributed by atoms with Crippen molar-refractivity contribution in [2.24, 2.45) is 5.92 Å². The number of nitrogens with one attached hydrogen (secondary N) is 3. The van der Waals surface area contributed by atoms with E-state index in [1.54, 1.807) is 12.3 Å². The molecule has 4 atom stereocenters. The van der Waals surface area contributed by atoms with Crippen LogP contribution in [0.1, 0.15) is 67.3 Å². The quantitative estimate of drug-likeness (QED) is 0.112. The molecule has 2 heterocycles. The monoisotopic (exact) mass is 691 g/mol. The Labute approximate surface area is 290 Å². The standard InChI is InChI=1S/C36H45N5O7S/c1-23(2)32-27(21-48-41-32)20-46-36(45)40-33(24(3)4)34(43)38-28(17-25-11-7-5-8-12-25)19-31(42)30(18-26-13-9-6-10-14-26)39-35(44)47-22-29-15-16-37-49-29/h5-16,21,23-24,28,30-31,33,42H,17-20,22H2,1-4H3,(H,38,43)(H,39,44)(H,40,45)/t28-,30-,31-,33-/m0/s1. The number of rotatable bonds is 17. The highest BCUT2D eigenvalue weighted by atomic mass is 32.1. The summed E-state index contributed by atoms with van der Waals surface area (Å²) in [6.07, 6.45) is 1.41. The molecule has 0 fully saturated rings. The SMILES string of the molecule is CC(C)c1nocc1COC(=O)N[C@H](C(=O)N[C@@H](Cc1ccccc1)C[C@H](O)[C@H](Cc1ccccc1)NC(=O)OCc1ccns1)C(C)C. The van der Waals surface area contributed by atoms with Crippen LogP contribution in [0.3, 0.4) is 0 Å². The first kappa shape index (κ1) is 37.1. The molecule has 4 aromatic rings. The molecule has 0 radical (unpaired) electrons. The zero-order valence-corrected chi connectivity index (χ0v) is 29.0. The summed E-state index contributed by atoms with van der Waals surface area (Å²) >= 11 is 1.23. The molecule has 4 N–H and O–H groups in total. The van der Waals surface area contributed by atoms with Crippen LogP contribution in [0, 0.1) is 5.92 Å². The first-order chi connectivity index (χ1) is 23.6. The Morgan fingerprint density at radius 2 is 1.47 bits per heavy atom. The zero-order chi connectivity index (χ0) is 35.2. The van der Waals surface area contributed by atoms with E-state index >= 15 is 0 Å². The van der Waals surface area contributed by atoms with Crippen LogP contribution in [0.5, 0.6) is 0 Å². The van der Waals surface area contributed by atoms with Crippen molar-refractivity contribution in [3.8, 4) is 0 Å². The molecular weight excluding hydrogens is 646 g/mol. The van der Waals surface area contributed by atoms with Crippen LogP contribution in [-0.2, 0) is 40.3 Å². The second-order valence-electron chi connectivity index (χ2n) is 12.5. The van der Waals surface area contributed by atoms with Crippen LogP contribution < -0.4 is 16.0 Å². The molecule has 0 saturated heterocycles. The lowest BCUT2D eigenvalue weighted by Crippen LogP contribution is -2.54. The Bertz CT molecular complexity index is 1580. The van der Waals surface area contributed by atoms with E-state index in [9.17, 15) is 19.5 Å². The lowest BCUT2D eigenvalue weighted by molar-refractivity contribution is -0.125. The Morgan fingerprint density at radius 3 is 2.08 bits per heavy atom. The van der Waals surface area contributed by atoms with Crippen molar-refractivity contribution in [3.05, 3.63) is 106 Å². The second-order valence-corrected chi connectivity index (χ2v) is 13.4. The van der Waals surface area contributed by atoms with E-state index in [-0.39, 0.29) is 31.5 Å². The Kier molecular flexibility index (Phi) is 14.2. The normalized spacial score (nSPS) is 13.7. The highest BCUT2D eigenvalue weighted by molar-refractivity contribution is 7.05. The average molecular weight is 692 g/mol. The van der Waals surface area contributed by atoms with Crippen LogP contribution in [-0.4, -0.2) is 57.0 Å². The van der Waals surface area contributed by atoms with Crippen LogP contribution >= 0.6 is 11.5 Å². The van der Waals surface area contributed by atoms with Gasteiger partial charge in [-0.05, 0) is 59.8 Å². The number of hydrogen-bond donors (Lipinski definition) is 4. The third-order valence-electron chi connectivity index (χ3n) is 7.90. The van der Waals surface area contributed by atoms with E-state index in [0.29, 0.717) is 24.1 Å². The highest BCUT2D eigenvalue weighted by Gasteiger charge is 2.30. The van der Waals surface area contributed by atoms with Gasteiger partial charge in [0.2, 0.25) is 5.91 Å². The van der Waals surface area contributed by atoms with Crippen LogP contribution in [0.25, 0.3) is 0 Å². The summed E-state index contributed by atoms with van der Waals surface area (Å²) < 4.78 is 19.9. The lowest BCUT2D eigenvalue weighted by Gasteiger charge is -2.30. The van der Waals surface area contributed by atoms with Crippen molar-refractivity contribution in [2.45, 2.75) is 90.3 Å². The van der Waals surface area contributed by atoms with Gasteiger partial charge in [0.15, 0.2) is 0 Å². The van der Waals surface area contributed by atoms with Gasteiger partial charge in [-0.3, -0.25) is 4.79 Å². The molecule has 49 heavy (non-hydrogen) atoms. The molecule has 2 aromatic heterocycles. The summed E-state index contributed by atoms with van der Waals surface area (Å²) in [5.41, 5.74) is 3.20. The van der Waals surface area contributed by atoms with E-state index < -0.39 is 42.3 Å². The molecule has 0 bridgehead atoms. The van der Waals surface area contributed by atoms with Gasteiger partial charge < -0.3 is 35.1 Å². The van der Waals surface area contributed by atoms with Crippen molar-refractivity contribution in [3.63, 3.8) is 0 Å². The minimum absolute atomic E-state index is 0.0550. The third-order valence-corrected chi connectivity index (χ3v) is 8.62. The minimum atomic E-state index is -1.07. The molecule has 0 aliphatic carbocycles. The maximum atomic E-state index is 13.7. The first-order valence-corrected chi connectivity index (χ1v) is 17.1. The molecule has 3 amide bonds. The number of aliphatic hydroxyl groups excluding tert-OH is 1. The fourth-order valence-corrected chi connectivity index (χ4v) is 5.82. The number of carbonyl (C=O) groups is 3. The smallest absolute Gasteiger partial charge is 0.408 e. The van der Waals surface area contributed by atoms with Gasteiger partial charge in [0.1, 0.15) is 25.5 Å². The molecular formula is C36H45N5O7S. The number of hydrogen-bond acceptors (Lipinski definition) is 10. The van der Waals surface area contributed by atoms with E-state index in [1.165, 1.54) is 17.8 Å². The van der Waals surface area contributed by atoms with E-state index in [4.69, 9.17) is 14.0 Å². The number of aromatic nitrogens is 2. The predicted octanol–water partition coefficient (Wildman–Crippen LogP) is 5.52. The van der Waals surface area contributed by atoms with Gasteiger partial charge in [0, 0.05) is 12.2 Å². The molecule has 4 rings (SSSR count). The molecule has 0 spiro atoms. The van der Waals surface area contributed by atoms with Crippen molar-refractivity contribution in [2.75, 3.05) is 0 Å². The first-order valence-electron chi connectivity index (χ1n) is 16.3. The maximum absolute atomic E-state index is 13.7. The summed E-state index contributed by atoms with van der Waals surface area (Å²) in [5.74, 6) is -0.620. The number of carbonyl (C=O) groups excluding carboxylic acids is 3. The van der Waals surface area contributed by atoms with Gasteiger partial charge in [-0.15, -0.1) is 0 Å². The van der Waals surface area contributed by atoms with Gasteiger partial charge >= 0.3 is 12.2 Å². The van der Waals surface area contributed by atoms with Crippen molar-refractivity contribution < 1.29 is 33.5 Å². The second kappa shape index (κ2) is 18.7. The number of alkyl carbamates (subject to hydrolysis) is 2. The summed E-state index contributed by atoms with van der Waals surface area (Å²) in [5, 5.41) is 24.2. The van der Waals surface area contributed by atoms with Gasteiger partial charge in [0.25, 0.3) is 0 Å². The Hall–Kier alpha value is -4.75. The van der Waals surface area contributed by atoms with E-state index in [1.807, 2.05) is 88.4 Å². The van der Waals surface area contributed by atoms with Crippen LogP contribution in [0.4, 0.5) is 9.59 Å². The van der Waals surface area contributed by atoms with Gasteiger partial charge in [-0.25, -0.2) is 14.0 Å². The molecule has 12 nitrogen and oxygen atoms in total. The number of aliphatic hydroxyl groups is 1. The Morgan fingerprint density at radius 1 is 0.837 bits per heavy atom. The molecule has 262 valence electrons. The van der Waals surface area contributed by atoms with Gasteiger partial charge in [-0.1, -0.05) is 93.5 Å². The summed E-state index contributed by atoms with van der Waals surface area (Å²) in [7, 11) is 0. The average Bonchev–Trinajstić information content (AvgIpc) is 3.78. The van der Waals surface area contributed by atoms with Crippen LogP contribution in [0.2, 0.25) is 0 Å². The molecule has 0 saturated carbocycles. The zero-order valence-electron chi connectivity index (χ0n) is 28.2. The van der Waals surface area contributed by atoms with Crippen molar-refractivity contribution in [1.82, 2.24) is 25.5 Å². The van der Waals surface area contributed by atoms with E-state index in [2.05, 4.69) is 25.5 Å². The molecule has 13 heteroatoms. The topological polar surface area (TPSA) is 165 Å². The minimum Gasteiger partial charge on any atom is -0.444 e. The largest absolute Gasteiger partial charge is 0.444 e. The lowest BCUT2D eigenvalue weighted by atomic mass is 9.93. The third kappa shape index (κ3) is 12.0. The fraction of sp³-hybridized carbons (Fsp3) is 0.417. The number of ether oxygens (including phenoxy) is 2. The van der Waals surface area contributed by atoms with Gasteiger partial charge in [0.05, 0.1) is 28.3 Å². The predicted molar refractivity (Wildman–Crippen MR) is 185 cm³/mol. The number of amides is 3. The molecule has 0 unspecified atom stereocenters. The number of nitrogens with zero attached hydrogens (tertiary/aromatic N) is 2. The number of benzene rings is 2. The molecule has 0 aliphatic rings. The Balaban J connectivity index is 1.45. The molecule has 2 aromatic carbocycles. The summed E-state index contributed by atoms with van der Waals surface area (Å²) in [6.45, 7) is 7.56. The summed E-state index contributed by atoms with van der Waals surface area (Å²) in [6, 6.07) is 18.6. The maximum Gasteiger partial charge on any atom is 0.408 e. The molecule has 0 aliphatic heterocycles. The van der Waals surface area contributed by atoms with Crippen molar-refractivity contribution in [1.29, 1.82) is 0 Å². The van der Waals surface area contributed by atoms with Crippen molar-refractivity contribution >= 4 is 29.6 Å². The highest BCUT2D eigenvalue weighted by Crippen LogP contribution is 2.19. The van der Waals surface area contributed by atoms with Crippen LogP contribution in [0.15, 0.2) is 83.7 Å². The fourth-order valence-electron chi connectivity index (χ4n) is 5.33.